The smallest absolute Gasteiger partial charge is 0.0991 e. The molecule has 0 amide bonds. The summed E-state index contributed by atoms with van der Waals surface area (Å²) in [6.45, 7) is 8.49. The van der Waals surface area contributed by atoms with Gasteiger partial charge in [-0.3, -0.25) is 0 Å². The van der Waals surface area contributed by atoms with Gasteiger partial charge in [-0.25, -0.2) is 0 Å². The first kappa shape index (κ1) is 10.8. The lowest BCUT2D eigenvalue weighted by Crippen LogP contribution is -1.95. The molecule has 0 bridgehead atoms. The fourth-order valence-corrected chi connectivity index (χ4v) is 1.30. The summed E-state index contributed by atoms with van der Waals surface area (Å²) in [6, 6.07) is 9.42. The summed E-state index contributed by atoms with van der Waals surface area (Å²) >= 11 is 0. The van der Waals surface area contributed by atoms with Gasteiger partial charge in [0.15, 0.2) is 0 Å². The van der Waals surface area contributed by atoms with Gasteiger partial charge < -0.3 is 0 Å². The molecular formula is C13H16N. The van der Waals surface area contributed by atoms with Gasteiger partial charge in [-0.15, -0.1) is 0 Å². The van der Waals surface area contributed by atoms with Crippen LogP contribution in [0.15, 0.2) is 12.1 Å². The Labute approximate surface area is 86.4 Å². The molecule has 0 atom stereocenters. The van der Waals surface area contributed by atoms with Crippen LogP contribution >= 0.6 is 0 Å². The zero-order chi connectivity index (χ0) is 10.7. The summed E-state index contributed by atoms with van der Waals surface area (Å²) in [5.74, 6) is 0.863. The Bertz CT molecular complexity index is 330. The second-order valence-electron chi connectivity index (χ2n) is 4.20. The van der Waals surface area contributed by atoms with Crippen molar-refractivity contribution in [3.63, 3.8) is 0 Å². The summed E-state index contributed by atoms with van der Waals surface area (Å²) < 4.78 is 0. The Balaban J connectivity index is 3.22. The molecule has 0 aliphatic carbocycles. The van der Waals surface area contributed by atoms with Crippen LogP contribution in [-0.2, 0) is 0 Å². The SMILES string of the molecule is CC(C)c1[c]c(C(C)C)cc(C#N)c1. The van der Waals surface area contributed by atoms with E-state index >= 15 is 0 Å². The van der Waals surface area contributed by atoms with Crippen molar-refractivity contribution in [3.8, 4) is 6.07 Å². The maximum Gasteiger partial charge on any atom is 0.0991 e. The highest BCUT2D eigenvalue weighted by atomic mass is 14.2. The molecule has 0 spiro atoms. The molecule has 1 radical (unpaired) electrons. The van der Waals surface area contributed by atoms with Gasteiger partial charge in [0.1, 0.15) is 0 Å². The van der Waals surface area contributed by atoms with E-state index in [-0.39, 0.29) is 0 Å². The molecular weight excluding hydrogens is 170 g/mol. The Hall–Kier alpha value is -1.29. The average molecular weight is 186 g/mol. The minimum Gasteiger partial charge on any atom is -0.192 e. The summed E-state index contributed by atoms with van der Waals surface area (Å²) in [4.78, 5) is 0. The lowest BCUT2D eigenvalue weighted by molar-refractivity contribution is 0.829. The lowest BCUT2D eigenvalue weighted by atomic mass is 9.93. The molecule has 14 heavy (non-hydrogen) atoms. The van der Waals surface area contributed by atoms with Crippen molar-refractivity contribution in [1.29, 1.82) is 5.26 Å². The van der Waals surface area contributed by atoms with Gasteiger partial charge in [0, 0.05) is 0 Å². The van der Waals surface area contributed by atoms with E-state index in [0.717, 1.165) is 16.7 Å². The first-order valence-corrected chi connectivity index (χ1v) is 5.02. The minimum atomic E-state index is 0.431. The molecule has 1 heteroatoms. The molecule has 0 aliphatic rings. The first-order chi connectivity index (χ1) is 6.54. The van der Waals surface area contributed by atoms with Crippen molar-refractivity contribution in [2.75, 3.05) is 0 Å². The predicted octanol–water partition coefficient (Wildman–Crippen LogP) is 3.61. The second-order valence-corrected chi connectivity index (χ2v) is 4.20. The van der Waals surface area contributed by atoms with Crippen molar-refractivity contribution < 1.29 is 0 Å². The van der Waals surface area contributed by atoms with Gasteiger partial charge in [-0.2, -0.15) is 5.26 Å². The first-order valence-electron chi connectivity index (χ1n) is 5.02. The topological polar surface area (TPSA) is 23.8 Å². The van der Waals surface area contributed by atoms with E-state index in [9.17, 15) is 0 Å². The van der Waals surface area contributed by atoms with Crippen LogP contribution in [0.25, 0.3) is 0 Å². The van der Waals surface area contributed by atoms with E-state index in [2.05, 4.69) is 39.8 Å². The van der Waals surface area contributed by atoms with Gasteiger partial charge in [0.05, 0.1) is 11.6 Å². The normalized spacial score (nSPS) is 10.6. The molecule has 0 saturated heterocycles. The minimum absolute atomic E-state index is 0.431. The molecule has 1 aromatic carbocycles. The van der Waals surface area contributed by atoms with Gasteiger partial charge in [0.2, 0.25) is 0 Å². The summed E-state index contributed by atoms with van der Waals surface area (Å²) in [7, 11) is 0. The van der Waals surface area contributed by atoms with Crippen LogP contribution in [0.5, 0.6) is 0 Å². The number of benzene rings is 1. The van der Waals surface area contributed by atoms with Gasteiger partial charge >= 0.3 is 0 Å². The van der Waals surface area contributed by atoms with Crippen molar-refractivity contribution in [2.45, 2.75) is 39.5 Å². The van der Waals surface area contributed by atoms with Gasteiger partial charge in [-0.05, 0) is 41.2 Å². The van der Waals surface area contributed by atoms with Crippen LogP contribution in [-0.4, -0.2) is 0 Å². The van der Waals surface area contributed by atoms with E-state index < -0.39 is 0 Å². The maximum absolute atomic E-state index is 8.89. The molecule has 1 aromatic rings. The second kappa shape index (κ2) is 4.28. The number of hydrogen-bond donors (Lipinski definition) is 0. The highest BCUT2D eigenvalue weighted by molar-refractivity contribution is 5.38. The molecule has 1 rings (SSSR count). The van der Waals surface area contributed by atoms with E-state index in [4.69, 9.17) is 5.26 Å². The molecule has 0 aromatic heterocycles. The van der Waals surface area contributed by atoms with Crippen LogP contribution in [0.2, 0.25) is 0 Å². The van der Waals surface area contributed by atoms with E-state index in [1.54, 1.807) is 0 Å². The van der Waals surface area contributed by atoms with Crippen molar-refractivity contribution in [2.24, 2.45) is 0 Å². The summed E-state index contributed by atoms with van der Waals surface area (Å²) in [6.07, 6.45) is 0. The van der Waals surface area contributed by atoms with Crippen molar-refractivity contribution in [1.82, 2.24) is 0 Å². The Morgan fingerprint density at radius 1 is 1.07 bits per heavy atom. The van der Waals surface area contributed by atoms with Crippen LogP contribution in [0.4, 0.5) is 0 Å². The van der Waals surface area contributed by atoms with Crippen molar-refractivity contribution in [3.05, 3.63) is 34.9 Å². The molecule has 0 aliphatic heterocycles. The summed E-state index contributed by atoms with van der Waals surface area (Å²) in [5, 5.41) is 8.89. The standard InChI is InChI=1S/C13H16N/c1-9(2)12-5-11(8-14)6-13(7-12)10(3)4/h5-6,9-10H,1-4H3. The molecule has 73 valence electrons. The molecule has 0 heterocycles. The molecule has 0 unspecified atom stereocenters. The number of hydrogen-bond acceptors (Lipinski definition) is 1. The fourth-order valence-electron chi connectivity index (χ4n) is 1.30. The molecule has 0 N–H and O–H groups in total. The number of nitriles is 1. The van der Waals surface area contributed by atoms with Gasteiger partial charge in [-0.1, -0.05) is 27.7 Å². The van der Waals surface area contributed by atoms with Gasteiger partial charge in [0.25, 0.3) is 0 Å². The zero-order valence-corrected chi connectivity index (χ0v) is 9.26. The third-order valence-corrected chi connectivity index (χ3v) is 2.28. The quantitative estimate of drug-likeness (QED) is 0.692. The average Bonchev–Trinajstić information content (AvgIpc) is 2.16. The largest absolute Gasteiger partial charge is 0.192 e. The highest BCUT2D eigenvalue weighted by Gasteiger charge is 2.07. The molecule has 1 nitrogen and oxygen atoms in total. The van der Waals surface area contributed by atoms with Crippen LogP contribution in [0, 0.1) is 17.4 Å². The maximum atomic E-state index is 8.89. The molecule has 0 fully saturated rings. The highest BCUT2D eigenvalue weighted by Crippen LogP contribution is 2.22. The third kappa shape index (κ3) is 2.35. The fraction of sp³-hybridized carbons (Fsp3) is 0.462. The number of nitrogens with zero attached hydrogens (tertiary/aromatic N) is 1. The third-order valence-electron chi connectivity index (χ3n) is 2.28. The number of rotatable bonds is 2. The monoisotopic (exact) mass is 186 g/mol. The lowest BCUT2D eigenvalue weighted by Gasteiger charge is -2.10. The van der Waals surface area contributed by atoms with Crippen molar-refractivity contribution >= 4 is 0 Å². The Morgan fingerprint density at radius 2 is 1.50 bits per heavy atom. The zero-order valence-electron chi connectivity index (χ0n) is 9.26. The summed E-state index contributed by atoms with van der Waals surface area (Å²) in [5.41, 5.74) is 3.01. The van der Waals surface area contributed by atoms with E-state index in [1.165, 1.54) is 0 Å². The van der Waals surface area contributed by atoms with Crippen LogP contribution in [0.3, 0.4) is 0 Å². The Kier molecular flexibility index (Phi) is 3.30. The Morgan fingerprint density at radius 3 is 1.79 bits per heavy atom. The predicted molar refractivity (Wildman–Crippen MR) is 58.2 cm³/mol. The van der Waals surface area contributed by atoms with E-state index in [0.29, 0.717) is 11.8 Å². The molecule has 0 saturated carbocycles. The van der Waals surface area contributed by atoms with Crippen LogP contribution in [0.1, 0.15) is 56.2 Å². The van der Waals surface area contributed by atoms with E-state index in [1.807, 2.05) is 12.1 Å². The van der Waals surface area contributed by atoms with Crippen LogP contribution < -0.4 is 0 Å².